The summed E-state index contributed by atoms with van der Waals surface area (Å²) in [6, 6.07) is 6.55. The maximum absolute atomic E-state index is 12.2. The van der Waals surface area contributed by atoms with Crippen LogP contribution in [0.4, 0.5) is 0 Å². The highest BCUT2D eigenvalue weighted by atomic mass is 32.2. The Hall–Kier alpha value is -2.36. The zero-order valence-corrected chi connectivity index (χ0v) is 16.1. The van der Waals surface area contributed by atoms with Crippen LogP contribution in [0.3, 0.4) is 0 Å². The van der Waals surface area contributed by atoms with Crippen molar-refractivity contribution >= 4 is 16.2 Å². The van der Waals surface area contributed by atoms with E-state index in [0.717, 1.165) is 12.1 Å². The van der Waals surface area contributed by atoms with Gasteiger partial charge >= 0.3 is 5.97 Å². The quantitative estimate of drug-likeness (QED) is 0.802. The number of nitrogens with zero attached hydrogens (tertiary/aromatic N) is 4. The molecule has 0 saturated carbocycles. The van der Waals surface area contributed by atoms with E-state index in [9.17, 15) is 13.2 Å². The van der Waals surface area contributed by atoms with Gasteiger partial charge in [0.25, 0.3) is 10.2 Å². The summed E-state index contributed by atoms with van der Waals surface area (Å²) in [6.07, 6.45) is 4.74. The number of benzene rings is 1. The fourth-order valence-electron chi connectivity index (χ4n) is 3.12. The Morgan fingerprint density at radius 1 is 1.30 bits per heavy atom. The van der Waals surface area contributed by atoms with Crippen LogP contribution in [0.2, 0.25) is 0 Å². The maximum Gasteiger partial charge on any atom is 0.335 e. The summed E-state index contributed by atoms with van der Waals surface area (Å²) in [5, 5.41) is 9.09. The highest BCUT2D eigenvalue weighted by Gasteiger charge is 2.32. The van der Waals surface area contributed by atoms with Crippen LogP contribution in [0.5, 0.6) is 0 Å². The Morgan fingerprint density at radius 2 is 2.07 bits per heavy atom. The molecule has 0 amide bonds. The van der Waals surface area contributed by atoms with Gasteiger partial charge in [0.2, 0.25) is 0 Å². The second kappa shape index (κ2) is 7.71. The summed E-state index contributed by atoms with van der Waals surface area (Å²) >= 11 is 0. The van der Waals surface area contributed by atoms with Crippen LogP contribution in [-0.2, 0) is 16.6 Å². The number of aromatic carboxylic acids is 1. The molecule has 27 heavy (non-hydrogen) atoms. The van der Waals surface area contributed by atoms with Crippen LogP contribution in [0.25, 0.3) is 11.3 Å². The number of carbonyl (C=O) groups is 1. The van der Waals surface area contributed by atoms with E-state index in [0.29, 0.717) is 30.8 Å². The van der Waals surface area contributed by atoms with Crippen molar-refractivity contribution in [2.45, 2.75) is 12.8 Å². The third kappa shape index (κ3) is 4.32. The Kier molecular flexibility index (Phi) is 5.54. The van der Waals surface area contributed by atoms with Crippen molar-refractivity contribution in [2.24, 2.45) is 5.92 Å². The molecule has 144 valence electrons. The minimum atomic E-state index is -3.37. The molecule has 1 aromatic heterocycles. The molecule has 1 atom stereocenters. The lowest BCUT2D eigenvalue weighted by Crippen LogP contribution is -2.38. The Labute approximate surface area is 158 Å². The third-order valence-electron chi connectivity index (χ3n) is 4.64. The van der Waals surface area contributed by atoms with E-state index in [1.165, 1.54) is 28.8 Å². The van der Waals surface area contributed by atoms with Gasteiger partial charge in [-0.15, -0.1) is 0 Å². The zero-order chi connectivity index (χ0) is 19.6. The minimum Gasteiger partial charge on any atom is -0.478 e. The normalized spacial score (nSPS) is 18.1. The molecule has 1 N–H and O–H groups in total. The van der Waals surface area contributed by atoms with Crippen molar-refractivity contribution in [3.63, 3.8) is 0 Å². The zero-order valence-electron chi connectivity index (χ0n) is 15.2. The monoisotopic (exact) mass is 390 g/mol. The Balaban J connectivity index is 1.67. The fraction of sp³-hybridized carbons (Fsp3) is 0.389. The molecule has 1 aliphatic heterocycles. The highest BCUT2D eigenvalue weighted by molar-refractivity contribution is 7.86. The molecule has 0 bridgehead atoms. The molecular weight excluding hydrogens is 368 g/mol. The van der Waals surface area contributed by atoms with Crippen molar-refractivity contribution in [3.8, 4) is 11.3 Å². The predicted molar refractivity (Wildman–Crippen MR) is 100 cm³/mol. The van der Waals surface area contributed by atoms with Gasteiger partial charge in [0.1, 0.15) is 0 Å². The molecule has 0 radical (unpaired) electrons. The average Bonchev–Trinajstić information content (AvgIpc) is 3.11. The van der Waals surface area contributed by atoms with Crippen molar-refractivity contribution in [1.29, 1.82) is 0 Å². The van der Waals surface area contributed by atoms with Crippen LogP contribution in [0, 0.1) is 5.92 Å². The van der Waals surface area contributed by atoms with Gasteiger partial charge in [0, 0.05) is 38.9 Å². The molecule has 0 spiro atoms. The van der Waals surface area contributed by atoms with E-state index in [2.05, 4.69) is 9.97 Å². The van der Waals surface area contributed by atoms with E-state index in [4.69, 9.17) is 5.11 Å². The number of carboxylic acid groups (broad SMARTS) is 1. The molecule has 1 saturated heterocycles. The average molecular weight is 390 g/mol. The summed E-state index contributed by atoms with van der Waals surface area (Å²) in [7, 11) is -0.305. The molecule has 0 aliphatic carbocycles. The predicted octanol–water partition coefficient (Wildman–Crippen LogP) is 1.51. The van der Waals surface area contributed by atoms with Crippen molar-refractivity contribution < 1.29 is 18.3 Å². The molecule has 1 aliphatic rings. The van der Waals surface area contributed by atoms with Crippen LogP contribution in [0.1, 0.15) is 22.5 Å². The second-order valence-electron chi connectivity index (χ2n) is 6.79. The second-order valence-corrected chi connectivity index (χ2v) is 8.93. The fourth-order valence-corrected chi connectivity index (χ4v) is 4.32. The Bertz CT molecular complexity index is 929. The van der Waals surface area contributed by atoms with E-state index in [-0.39, 0.29) is 11.5 Å². The van der Waals surface area contributed by atoms with Crippen LogP contribution >= 0.6 is 0 Å². The first-order valence-corrected chi connectivity index (χ1v) is 9.99. The van der Waals surface area contributed by atoms with E-state index < -0.39 is 16.2 Å². The molecule has 1 fully saturated rings. The molecule has 1 unspecified atom stereocenters. The smallest absolute Gasteiger partial charge is 0.335 e. The number of aromatic nitrogens is 2. The number of hydrogen-bond donors (Lipinski definition) is 1. The lowest BCUT2D eigenvalue weighted by atomic mass is 10.0. The molecule has 3 rings (SSSR count). The van der Waals surface area contributed by atoms with Gasteiger partial charge in [0.05, 0.1) is 23.1 Å². The number of carboxylic acids is 1. The largest absolute Gasteiger partial charge is 0.478 e. The topological polar surface area (TPSA) is 104 Å². The first-order valence-electron chi connectivity index (χ1n) is 8.59. The van der Waals surface area contributed by atoms with Gasteiger partial charge in [-0.1, -0.05) is 12.1 Å². The minimum absolute atomic E-state index is 0.200. The lowest BCUT2D eigenvalue weighted by molar-refractivity contribution is 0.0697. The van der Waals surface area contributed by atoms with Crippen LogP contribution in [-0.4, -0.2) is 65.3 Å². The Morgan fingerprint density at radius 3 is 2.70 bits per heavy atom. The highest BCUT2D eigenvalue weighted by Crippen LogP contribution is 2.24. The number of rotatable bonds is 6. The molecule has 2 aromatic rings. The molecule has 2 heterocycles. The standard InChI is InChI=1S/C18H22N4O4S/c1-21(2)27(25,26)22-7-6-13(12-22)8-16-10-20-17(11-19-16)14-4-3-5-15(9-14)18(23)24/h3-5,9-11,13H,6-8,12H2,1-2H3,(H,23,24). The summed E-state index contributed by atoms with van der Waals surface area (Å²) in [5.41, 5.74) is 2.29. The third-order valence-corrected chi connectivity index (χ3v) is 6.55. The van der Waals surface area contributed by atoms with Gasteiger partial charge in [-0.25, -0.2) is 4.79 Å². The van der Waals surface area contributed by atoms with E-state index >= 15 is 0 Å². The van der Waals surface area contributed by atoms with E-state index in [1.807, 2.05) is 0 Å². The van der Waals surface area contributed by atoms with Gasteiger partial charge in [-0.3, -0.25) is 9.97 Å². The van der Waals surface area contributed by atoms with Crippen molar-refractivity contribution in [2.75, 3.05) is 27.2 Å². The van der Waals surface area contributed by atoms with Crippen LogP contribution < -0.4 is 0 Å². The summed E-state index contributed by atoms with van der Waals surface area (Å²) in [5.74, 6) is -0.782. The first kappa shape index (κ1) is 19.4. The van der Waals surface area contributed by atoms with Crippen molar-refractivity contribution in [1.82, 2.24) is 18.6 Å². The van der Waals surface area contributed by atoms with Gasteiger partial charge < -0.3 is 5.11 Å². The molecular formula is C18H22N4O4S. The summed E-state index contributed by atoms with van der Waals surface area (Å²) in [4.78, 5) is 19.9. The molecule has 9 heteroatoms. The first-order chi connectivity index (χ1) is 12.8. The summed E-state index contributed by atoms with van der Waals surface area (Å²) < 4.78 is 27.1. The van der Waals surface area contributed by atoms with Crippen LogP contribution in [0.15, 0.2) is 36.7 Å². The van der Waals surface area contributed by atoms with Gasteiger partial charge in [-0.05, 0) is 30.9 Å². The van der Waals surface area contributed by atoms with Gasteiger partial charge in [-0.2, -0.15) is 17.0 Å². The van der Waals surface area contributed by atoms with E-state index in [1.54, 1.807) is 30.6 Å². The van der Waals surface area contributed by atoms with Crippen molar-refractivity contribution in [3.05, 3.63) is 47.9 Å². The molecule has 8 nitrogen and oxygen atoms in total. The SMILES string of the molecule is CN(C)S(=O)(=O)N1CCC(Cc2cnc(-c3cccc(C(=O)O)c3)cn2)C1. The molecule has 1 aromatic carbocycles. The number of hydrogen-bond acceptors (Lipinski definition) is 5. The summed E-state index contributed by atoms with van der Waals surface area (Å²) in [6.45, 7) is 0.989. The van der Waals surface area contributed by atoms with Gasteiger partial charge in [0.15, 0.2) is 0 Å². The lowest BCUT2D eigenvalue weighted by Gasteiger charge is -2.20. The maximum atomic E-state index is 12.2.